The number of ether oxygens (including phenoxy) is 1. The van der Waals surface area contributed by atoms with E-state index < -0.39 is 0 Å². The topological polar surface area (TPSA) is 47.0 Å². The number of nitrogens with zero attached hydrogens (tertiary/aromatic N) is 2. The van der Waals surface area contributed by atoms with Crippen LogP contribution in [0.2, 0.25) is 0 Å². The van der Waals surface area contributed by atoms with E-state index in [1.54, 1.807) is 0 Å². The molecule has 5 heteroatoms. The first-order valence-corrected chi connectivity index (χ1v) is 6.95. The summed E-state index contributed by atoms with van der Waals surface area (Å²) >= 11 is 3.45. The van der Waals surface area contributed by atoms with Crippen molar-refractivity contribution >= 4 is 21.7 Å². The summed E-state index contributed by atoms with van der Waals surface area (Å²) in [6, 6.07) is 0. The number of hydrogen-bond acceptors (Lipinski definition) is 4. The van der Waals surface area contributed by atoms with Crippen molar-refractivity contribution in [3.63, 3.8) is 0 Å². The summed E-state index contributed by atoms with van der Waals surface area (Å²) in [6.07, 6.45) is 6.29. The molecule has 1 atom stereocenters. The van der Waals surface area contributed by atoms with Crippen LogP contribution in [-0.2, 0) is 11.2 Å². The lowest BCUT2D eigenvalue weighted by Gasteiger charge is -2.10. The van der Waals surface area contributed by atoms with Crippen molar-refractivity contribution in [2.45, 2.75) is 38.7 Å². The highest BCUT2D eigenvalue weighted by atomic mass is 79.9. The zero-order chi connectivity index (χ0) is 12.1. The van der Waals surface area contributed by atoms with E-state index in [1.807, 2.05) is 6.20 Å². The molecule has 17 heavy (non-hydrogen) atoms. The van der Waals surface area contributed by atoms with Crippen molar-refractivity contribution in [3.8, 4) is 0 Å². The maximum absolute atomic E-state index is 5.60. The summed E-state index contributed by atoms with van der Waals surface area (Å²) in [4.78, 5) is 8.86. The van der Waals surface area contributed by atoms with Gasteiger partial charge in [0.1, 0.15) is 11.6 Å². The summed E-state index contributed by atoms with van der Waals surface area (Å²) in [7, 11) is 0. The average molecular weight is 300 g/mol. The molecule has 1 aliphatic heterocycles. The van der Waals surface area contributed by atoms with Gasteiger partial charge in [-0.05, 0) is 35.2 Å². The smallest absolute Gasteiger partial charge is 0.144 e. The van der Waals surface area contributed by atoms with Gasteiger partial charge in [-0.1, -0.05) is 6.92 Å². The number of halogens is 1. The lowest BCUT2D eigenvalue weighted by molar-refractivity contribution is 0.110. The molecule has 1 unspecified atom stereocenters. The molecule has 0 spiro atoms. The van der Waals surface area contributed by atoms with Gasteiger partial charge in [0.25, 0.3) is 0 Å². The fraction of sp³-hybridized carbons (Fsp3) is 0.667. The van der Waals surface area contributed by atoms with Crippen LogP contribution in [0.1, 0.15) is 32.0 Å². The van der Waals surface area contributed by atoms with Crippen molar-refractivity contribution < 1.29 is 4.74 Å². The Morgan fingerprint density at radius 3 is 3.18 bits per heavy atom. The molecule has 2 heterocycles. The second-order valence-corrected chi connectivity index (χ2v) is 5.10. The number of rotatable bonds is 5. The number of aromatic nitrogens is 2. The van der Waals surface area contributed by atoms with Crippen LogP contribution in [0.3, 0.4) is 0 Å². The monoisotopic (exact) mass is 299 g/mol. The van der Waals surface area contributed by atoms with E-state index in [4.69, 9.17) is 4.74 Å². The Hall–Kier alpha value is -0.680. The van der Waals surface area contributed by atoms with E-state index in [1.165, 1.54) is 0 Å². The van der Waals surface area contributed by atoms with Gasteiger partial charge in [0.2, 0.25) is 0 Å². The van der Waals surface area contributed by atoms with Gasteiger partial charge in [-0.15, -0.1) is 0 Å². The van der Waals surface area contributed by atoms with E-state index >= 15 is 0 Å². The summed E-state index contributed by atoms with van der Waals surface area (Å²) in [5, 5.41) is 3.29. The van der Waals surface area contributed by atoms with Gasteiger partial charge in [0.15, 0.2) is 0 Å². The Labute approximate surface area is 110 Å². The predicted molar refractivity (Wildman–Crippen MR) is 71.2 cm³/mol. The maximum Gasteiger partial charge on any atom is 0.144 e. The first-order chi connectivity index (χ1) is 8.29. The van der Waals surface area contributed by atoms with Crippen molar-refractivity contribution in [3.05, 3.63) is 16.5 Å². The third-order valence-corrected chi connectivity index (χ3v) is 3.35. The lowest BCUT2D eigenvalue weighted by Crippen LogP contribution is -2.13. The molecule has 1 fully saturated rings. The van der Waals surface area contributed by atoms with E-state index in [-0.39, 0.29) is 0 Å². The first-order valence-electron chi connectivity index (χ1n) is 6.16. The van der Waals surface area contributed by atoms with Crippen LogP contribution in [0, 0.1) is 0 Å². The fourth-order valence-electron chi connectivity index (χ4n) is 1.88. The van der Waals surface area contributed by atoms with Gasteiger partial charge in [-0.3, -0.25) is 0 Å². The minimum absolute atomic E-state index is 0.301. The van der Waals surface area contributed by atoms with E-state index in [9.17, 15) is 0 Å². The van der Waals surface area contributed by atoms with Crippen LogP contribution in [0.4, 0.5) is 5.82 Å². The summed E-state index contributed by atoms with van der Waals surface area (Å²) in [5.74, 6) is 1.74. The van der Waals surface area contributed by atoms with Crippen LogP contribution < -0.4 is 5.32 Å². The molecule has 1 aromatic rings. The van der Waals surface area contributed by atoms with Crippen molar-refractivity contribution in [1.82, 2.24) is 9.97 Å². The molecule has 0 bridgehead atoms. The Kier molecular flexibility index (Phi) is 4.74. The first kappa shape index (κ1) is 12.8. The largest absolute Gasteiger partial charge is 0.378 e. The Balaban J connectivity index is 2.01. The van der Waals surface area contributed by atoms with E-state index in [2.05, 4.69) is 38.1 Å². The number of anilines is 1. The molecule has 4 nitrogen and oxygen atoms in total. The summed E-state index contributed by atoms with van der Waals surface area (Å²) in [6.45, 7) is 3.94. The Bertz CT molecular complexity index is 367. The molecule has 1 saturated heterocycles. The third kappa shape index (κ3) is 3.64. The highest BCUT2D eigenvalue weighted by molar-refractivity contribution is 9.10. The molecule has 0 saturated carbocycles. The van der Waals surface area contributed by atoms with Crippen LogP contribution >= 0.6 is 15.9 Å². The normalized spacial score (nSPS) is 19.5. The second-order valence-electron chi connectivity index (χ2n) is 4.25. The average Bonchev–Trinajstić information content (AvgIpc) is 2.82. The Morgan fingerprint density at radius 2 is 2.47 bits per heavy atom. The minimum Gasteiger partial charge on any atom is -0.378 e. The fourth-order valence-corrected chi connectivity index (χ4v) is 2.21. The van der Waals surface area contributed by atoms with Crippen molar-refractivity contribution in [2.24, 2.45) is 0 Å². The zero-order valence-electron chi connectivity index (χ0n) is 10.1. The molecular formula is C12H18BrN3O. The maximum atomic E-state index is 5.60. The van der Waals surface area contributed by atoms with Crippen LogP contribution in [0.15, 0.2) is 10.7 Å². The van der Waals surface area contributed by atoms with E-state index in [0.29, 0.717) is 6.10 Å². The summed E-state index contributed by atoms with van der Waals surface area (Å²) in [5.41, 5.74) is 0. The minimum atomic E-state index is 0.301. The molecule has 1 aliphatic rings. The van der Waals surface area contributed by atoms with Crippen LogP contribution in [-0.4, -0.2) is 29.2 Å². The van der Waals surface area contributed by atoms with E-state index in [0.717, 1.165) is 54.9 Å². The second kappa shape index (κ2) is 6.31. The standard InChI is InChI=1S/C12H18BrN3O/c1-2-5-14-12-10(13)8-15-11(16-12)7-9-4-3-6-17-9/h8-9H,2-7H2,1H3,(H,14,15,16). The SMILES string of the molecule is CCCNc1nc(CC2CCCO2)ncc1Br. The lowest BCUT2D eigenvalue weighted by atomic mass is 10.2. The predicted octanol–water partition coefficient (Wildman–Crippen LogP) is 2.78. The van der Waals surface area contributed by atoms with Gasteiger partial charge >= 0.3 is 0 Å². The number of nitrogens with one attached hydrogen (secondary N) is 1. The van der Waals surface area contributed by atoms with Gasteiger partial charge in [0, 0.05) is 25.8 Å². The van der Waals surface area contributed by atoms with Crippen molar-refractivity contribution in [1.29, 1.82) is 0 Å². The molecule has 0 radical (unpaired) electrons. The molecular weight excluding hydrogens is 282 g/mol. The van der Waals surface area contributed by atoms with Gasteiger partial charge in [0.05, 0.1) is 10.6 Å². The van der Waals surface area contributed by atoms with Gasteiger partial charge in [-0.25, -0.2) is 9.97 Å². The van der Waals surface area contributed by atoms with Gasteiger partial charge < -0.3 is 10.1 Å². The highest BCUT2D eigenvalue weighted by Crippen LogP contribution is 2.21. The molecule has 1 aromatic heterocycles. The highest BCUT2D eigenvalue weighted by Gasteiger charge is 2.17. The van der Waals surface area contributed by atoms with Crippen LogP contribution in [0.25, 0.3) is 0 Å². The number of hydrogen-bond donors (Lipinski definition) is 1. The molecule has 1 N–H and O–H groups in total. The molecule has 0 aliphatic carbocycles. The third-order valence-electron chi connectivity index (χ3n) is 2.77. The summed E-state index contributed by atoms with van der Waals surface area (Å²) < 4.78 is 6.51. The van der Waals surface area contributed by atoms with Crippen LogP contribution in [0.5, 0.6) is 0 Å². The van der Waals surface area contributed by atoms with Crippen molar-refractivity contribution in [2.75, 3.05) is 18.5 Å². The molecule has 2 rings (SSSR count). The molecule has 0 aromatic carbocycles. The quantitative estimate of drug-likeness (QED) is 0.908. The zero-order valence-corrected chi connectivity index (χ0v) is 11.7. The van der Waals surface area contributed by atoms with Gasteiger partial charge in [-0.2, -0.15) is 0 Å². The molecule has 0 amide bonds. The molecule has 94 valence electrons. The Morgan fingerprint density at radius 1 is 1.59 bits per heavy atom.